The van der Waals surface area contributed by atoms with Gasteiger partial charge in [0, 0.05) is 9.78 Å². The van der Waals surface area contributed by atoms with Gasteiger partial charge in [0.05, 0.1) is 11.2 Å². The summed E-state index contributed by atoms with van der Waals surface area (Å²) in [5.41, 5.74) is 1.95. The first-order chi connectivity index (χ1) is 6.38. The standard InChI is InChI=1S/C10H14BIN2/c1-10(2,3)13-6-8-7(12)4-5-9(11)14-8/h4-6H,11H2,1-3H3/b13-6+. The minimum atomic E-state index is -0.0332. The average molecular weight is 300 g/mol. The second-order valence-electron chi connectivity index (χ2n) is 4.25. The first-order valence-electron chi connectivity index (χ1n) is 4.57. The Labute approximate surface area is 99.8 Å². The first-order valence-corrected chi connectivity index (χ1v) is 5.65. The van der Waals surface area contributed by atoms with E-state index in [0.717, 1.165) is 14.9 Å². The van der Waals surface area contributed by atoms with Crippen molar-refractivity contribution in [1.29, 1.82) is 0 Å². The highest BCUT2D eigenvalue weighted by atomic mass is 127. The molecule has 4 heteroatoms. The number of nitrogens with zero attached hydrogens (tertiary/aromatic N) is 2. The van der Waals surface area contributed by atoms with Crippen LogP contribution in [0.4, 0.5) is 0 Å². The summed E-state index contributed by atoms with van der Waals surface area (Å²) in [6.07, 6.45) is 1.86. The van der Waals surface area contributed by atoms with Gasteiger partial charge in [-0.05, 0) is 61.1 Å². The van der Waals surface area contributed by atoms with Crippen molar-refractivity contribution in [2.75, 3.05) is 0 Å². The summed E-state index contributed by atoms with van der Waals surface area (Å²) in [5, 5.41) is 0. The molecule has 0 fully saturated rings. The monoisotopic (exact) mass is 300 g/mol. The third kappa shape index (κ3) is 3.78. The van der Waals surface area contributed by atoms with Gasteiger partial charge in [-0.15, -0.1) is 0 Å². The fraction of sp³-hybridized carbons (Fsp3) is 0.400. The van der Waals surface area contributed by atoms with Crippen LogP contribution in [-0.4, -0.2) is 24.6 Å². The molecule has 0 saturated carbocycles. The summed E-state index contributed by atoms with van der Waals surface area (Å²) < 4.78 is 1.14. The minimum Gasteiger partial charge on any atom is -0.285 e. The topological polar surface area (TPSA) is 25.2 Å². The quantitative estimate of drug-likeness (QED) is 0.434. The molecule has 1 rings (SSSR count). The molecule has 1 heterocycles. The maximum Gasteiger partial charge on any atom is 0.163 e. The Morgan fingerprint density at radius 2 is 2.07 bits per heavy atom. The molecule has 0 spiro atoms. The van der Waals surface area contributed by atoms with Crippen LogP contribution in [-0.2, 0) is 0 Å². The summed E-state index contributed by atoms with van der Waals surface area (Å²) in [4.78, 5) is 8.86. The van der Waals surface area contributed by atoms with E-state index in [9.17, 15) is 0 Å². The van der Waals surface area contributed by atoms with Crippen LogP contribution in [0.15, 0.2) is 17.1 Å². The lowest BCUT2D eigenvalue weighted by Gasteiger charge is -2.10. The highest BCUT2D eigenvalue weighted by molar-refractivity contribution is 14.1. The molecule has 0 aromatic carbocycles. The number of rotatable bonds is 1. The van der Waals surface area contributed by atoms with Crippen molar-refractivity contribution < 1.29 is 0 Å². The fourth-order valence-electron chi connectivity index (χ4n) is 0.905. The van der Waals surface area contributed by atoms with E-state index in [4.69, 9.17) is 0 Å². The number of aliphatic imine (C=N–C) groups is 1. The Bertz CT molecular complexity index is 356. The van der Waals surface area contributed by atoms with Gasteiger partial charge in [-0.25, -0.2) is 0 Å². The summed E-state index contributed by atoms with van der Waals surface area (Å²) >= 11 is 2.27. The van der Waals surface area contributed by atoms with Crippen LogP contribution in [0.25, 0.3) is 0 Å². The van der Waals surface area contributed by atoms with E-state index in [1.807, 2.05) is 20.1 Å². The summed E-state index contributed by atoms with van der Waals surface area (Å²) in [6, 6.07) is 4.07. The van der Waals surface area contributed by atoms with Gasteiger partial charge in [-0.3, -0.25) is 9.98 Å². The molecule has 1 aromatic rings. The first kappa shape index (κ1) is 11.7. The lowest BCUT2D eigenvalue weighted by atomic mass is 10.0. The maximum absolute atomic E-state index is 4.44. The van der Waals surface area contributed by atoms with E-state index in [2.05, 4.69) is 59.4 Å². The van der Waals surface area contributed by atoms with E-state index < -0.39 is 0 Å². The second kappa shape index (κ2) is 4.42. The van der Waals surface area contributed by atoms with Gasteiger partial charge in [0.15, 0.2) is 7.85 Å². The molecule has 0 aliphatic rings. The third-order valence-electron chi connectivity index (χ3n) is 1.59. The summed E-state index contributed by atoms with van der Waals surface area (Å²) in [5.74, 6) is 0. The van der Waals surface area contributed by atoms with E-state index in [1.54, 1.807) is 0 Å². The van der Waals surface area contributed by atoms with Gasteiger partial charge >= 0.3 is 0 Å². The van der Waals surface area contributed by atoms with Gasteiger partial charge in [-0.1, -0.05) is 0 Å². The summed E-state index contributed by atoms with van der Waals surface area (Å²) in [7, 11) is 1.99. The lowest BCUT2D eigenvalue weighted by molar-refractivity contribution is 0.586. The minimum absolute atomic E-state index is 0.0332. The molecule has 74 valence electrons. The molecule has 0 amide bonds. The molecule has 2 nitrogen and oxygen atoms in total. The predicted octanol–water partition coefficient (Wildman–Crippen LogP) is 1.16. The molecule has 14 heavy (non-hydrogen) atoms. The number of pyridine rings is 1. The molecule has 0 atom stereocenters. The Hall–Kier alpha value is -0.385. The molecule has 0 aliphatic heterocycles. The van der Waals surface area contributed by atoms with Crippen LogP contribution < -0.4 is 5.59 Å². The predicted molar refractivity (Wildman–Crippen MR) is 72.5 cm³/mol. The van der Waals surface area contributed by atoms with Gasteiger partial charge in [0.1, 0.15) is 0 Å². The van der Waals surface area contributed by atoms with Crippen molar-refractivity contribution in [1.82, 2.24) is 4.98 Å². The highest BCUT2D eigenvalue weighted by Gasteiger charge is 2.06. The van der Waals surface area contributed by atoms with Gasteiger partial charge in [0.25, 0.3) is 0 Å². The molecular weight excluding hydrogens is 286 g/mol. The summed E-state index contributed by atoms with van der Waals surface area (Å²) in [6.45, 7) is 6.23. The zero-order chi connectivity index (χ0) is 10.8. The van der Waals surface area contributed by atoms with Crippen LogP contribution in [0.1, 0.15) is 26.5 Å². The average Bonchev–Trinajstić information content (AvgIpc) is 2.05. The van der Waals surface area contributed by atoms with Crippen molar-refractivity contribution in [3.8, 4) is 0 Å². The smallest absolute Gasteiger partial charge is 0.163 e. The van der Waals surface area contributed by atoms with Gasteiger partial charge < -0.3 is 0 Å². The molecule has 1 aromatic heterocycles. The molecule has 0 unspecified atom stereocenters. The maximum atomic E-state index is 4.44. The van der Waals surface area contributed by atoms with Gasteiger partial charge in [-0.2, -0.15) is 0 Å². The number of halogens is 1. The van der Waals surface area contributed by atoms with Crippen molar-refractivity contribution >= 4 is 42.2 Å². The molecule has 0 aliphatic carbocycles. The zero-order valence-corrected chi connectivity index (χ0v) is 11.2. The van der Waals surface area contributed by atoms with Crippen molar-refractivity contribution in [3.05, 3.63) is 21.4 Å². The van der Waals surface area contributed by atoms with Gasteiger partial charge in [0.2, 0.25) is 0 Å². The number of aromatic nitrogens is 1. The third-order valence-corrected chi connectivity index (χ3v) is 2.50. The van der Waals surface area contributed by atoms with Crippen LogP contribution in [0.5, 0.6) is 0 Å². The fourth-order valence-corrected chi connectivity index (χ4v) is 1.34. The van der Waals surface area contributed by atoms with E-state index in [1.165, 1.54) is 0 Å². The Morgan fingerprint density at radius 1 is 1.43 bits per heavy atom. The normalized spacial score (nSPS) is 12.3. The van der Waals surface area contributed by atoms with Crippen LogP contribution in [0.3, 0.4) is 0 Å². The van der Waals surface area contributed by atoms with Crippen LogP contribution in [0.2, 0.25) is 0 Å². The van der Waals surface area contributed by atoms with Crippen molar-refractivity contribution in [2.24, 2.45) is 4.99 Å². The van der Waals surface area contributed by atoms with Crippen LogP contribution >= 0.6 is 22.6 Å². The molecule has 0 radical (unpaired) electrons. The highest BCUT2D eigenvalue weighted by Crippen LogP contribution is 2.09. The van der Waals surface area contributed by atoms with Crippen molar-refractivity contribution in [3.63, 3.8) is 0 Å². The van der Waals surface area contributed by atoms with Crippen LogP contribution in [0, 0.1) is 3.57 Å². The molecular formula is C10H14BIN2. The number of hydrogen-bond donors (Lipinski definition) is 0. The Kier molecular flexibility index (Phi) is 3.69. The number of hydrogen-bond acceptors (Lipinski definition) is 2. The molecule has 0 saturated heterocycles. The van der Waals surface area contributed by atoms with E-state index in [-0.39, 0.29) is 5.54 Å². The lowest BCUT2D eigenvalue weighted by Crippen LogP contribution is -2.14. The van der Waals surface area contributed by atoms with E-state index in [0.29, 0.717) is 0 Å². The van der Waals surface area contributed by atoms with E-state index >= 15 is 0 Å². The Morgan fingerprint density at radius 3 is 2.64 bits per heavy atom. The zero-order valence-electron chi connectivity index (χ0n) is 9.00. The second-order valence-corrected chi connectivity index (χ2v) is 5.41. The molecule has 0 bridgehead atoms. The molecule has 0 N–H and O–H groups in total. The van der Waals surface area contributed by atoms with Crippen molar-refractivity contribution in [2.45, 2.75) is 26.3 Å². The largest absolute Gasteiger partial charge is 0.285 e. The Balaban J connectivity index is 2.97. The SMILES string of the molecule is Bc1ccc(I)c(/C=N/C(C)(C)C)n1.